The second-order valence-corrected chi connectivity index (χ2v) is 8.44. The van der Waals surface area contributed by atoms with Gasteiger partial charge in [0.15, 0.2) is 11.5 Å². The molecule has 0 aliphatic carbocycles. The zero-order valence-electron chi connectivity index (χ0n) is 15.4. The van der Waals surface area contributed by atoms with E-state index in [9.17, 15) is 17.6 Å². The molecular weight excluding hydrogens is 403 g/mol. The third kappa shape index (κ3) is 4.04. The van der Waals surface area contributed by atoms with Crippen molar-refractivity contribution in [2.45, 2.75) is 11.4 Å². The summed E-state index contributed by atoms with van der Waals surface area (Å²) >= 11 is 0. The highest BCUT2D eigenvalue weighted by atomic mass is 32.2. The van der Waals surface area contributed by atoms with Crippen LogP contribution in [-0.4, -0.2) is 51.7 Å². The highest BCUT2D eigenvalue weighted by Gasteiger charge is 2.29. The van der Waals surface area contributed by atoms with E-state index < -0.39 is 26.6 Å². The highest BCUT2D eigenvalue weighted by Crippen LogP contribution is 2.32. The largest absolute Gasteiger partial charge is 0.454 e. The molecule has 0 saturated carbocycles. The van der Waals surface area contributed by atoms with Crippen LogP contribution in [-0.2, 0) is 21.3 Å². The lowest BCUT2D eigenvalue weighted by Gasteiger charge is -2.26. The van der Waals surface area contributed by atoms with Crippen LogP contribution in [0.4, 0.5) is 4.39 Å². The molecular formula is C19H19FN2O6S. The number of amides is 1. The maximum atomic E-state index is 14.3. The van der Waals surface area contributed by atoms with E-state index in [4.69, 9.17) is 14.2 Å². The van der Waals surface area contributed by atoms with Crippen LogP contribution in [0.25, 0.3) is 0 Å². The predicted molar refractivity (Wildman–Crippen MR) is 99.7 cm³/mol. The van der Waals surface area contributed by atoms with Crippen LogP contribution < -0.4 is 14.8 Å². The van der Waals surface area contributed by atoms with Crippen LogP contribution >= 0.6 is 0 Å². The van der Waals surface area contributed by atoms with E-state index in [2.05, 4.69) is 5.32 Å². The van der Waals surface area contributed by atoms with Crippen LogP contribution in [0, 0.1) is 5.82 Å². The number of rotatable bonds is 5. The summed E-state index contributed by atoms with van der Waals surface area (Å²) < 4.78 is 56.6. The van der Waals surface area contributed by atoms with Crippen molar-refractivity contribution in [3.05, 3.63) is 53.3 Å². The minimum absolute atomic E-state index is 0.0546. The molecule has 8 nitrogen and oxygen atoms in total. The standard InChI is InChI=1S/C19H19FN2O6S/c20-15-3-2-14(10-18(15)29(24,25)22-5-7-26-8-6-22)19(23)21-11-13-1-4-16-17(9-13)28-12-27-16/h1-4,9-10H,5-8,11-12H2,(H,21,23). The smallest absolute Gasteiger partial charge is 0.251 e. The topological polar surface area (TPSA) is 94.2 Å². The number of fused-ring (bicyclic) bond motifs is 1. The molecule has 0 unspecified atom stereocenters. The van der Waals surface area contributed by atoms with Crippen molar-refractivity contribution in [2.24, 2.45) is 0 Å². The number of nitrogens with one attached hydrogen (secondary N) is 1. The lowest BCUT2D eigenvalue weighted by molar-refractivity contribution is 0.0729. The summed E-state index contributed by atoms with van der Waals surface area (Å²) in [4.78, 5) is 12.0. The average Bonchev–Trinajstić information content (AvgIpc) is 3.20. The van der Waals surface area contributed by atoms with Crippen molar-refractivity contribution in [2.75, 3.05) is 33.1 Å². The van der Waals surface area contributed by atoms with Gasteiger partial charge in [0.05, 0.1) is 13.2 Å². The summed E-state index contributed by atoms with van der Waals surface area (Å²) in [6.07, 6.45) is 0. The van der Waals surface area contributed by atoms with Crippen molar-refractivity contribution in [3.8, 4) is 11.5 Å². The van der Waals surface area contributed by atoms with E-state index in [0.29, 0.717) is 11.5 Å². The van der Waals surface area contributed by atoms with Gasteiger partial charge in [-0.15, -0.1) is 0 Å². The number of sulfonamides is 1. The van der Waals surface area contributed by atoms with E-state index in [1.807, 2.05) is 0 Å². The molecule has 0 radical (unpaired) electrons. The van der Waals surface area contributed by atoms with Gasteiger partial charge in [-0.1, -0.05) is 6.07 Å². The van der Waals surface area contributed by atoms with Gasteiger partial charge in [-0.3, -0.25) is 4.79 Å². The molecule has 2 aliphatic heterocycles. The van der Waals surface area contributed by atoms with Crippen molar-refractivity contribution in [1.82, 2.24) is 9.62 Å². The van der Waals surface area contributed by atoms with Crippen molar-refractivity contribution >= 4 is 15.9 Å². The Morgan fingerprint density at radius 3 is 2.62 bits per heavy atom. The Labute approximate surface area is 167 Å². The minimum atomic E-state index is -4.05. The SMILES string of the molecule is O=C(NCc1ccc2c(c1)OCO2)c1ccc(F)c(S(=O)(=O)N2CCOCC2)c1. The molecule has 1 fully saturated rings. The number of hydrogen-bond donors (Lipinski definition) is 1. The Balaban J connectivity index is 1.50. The molecule has 154 valence electrons. The second-order valence-electron chi connectivity index (χ2n) is 6.53. The summed E-state index contributed by atoms with van der Waals surface area (Å²) in [5, 5.41) is 2.70. The molecule has 1 N–H and O–H groups in total. The lowest BCUT2D eigenvalue weighted by atomic mass is 10.1. The van der Waals surface area contributed by atoms with E-state index in [1.165, 1.54) is 6.07 Å². The van der Waals surface area contributed by atoms with Gasteiger partial charge in [-0.25, -0.2) is 12.8 Å². The average molecular weight is 422 g/mol. The third-order valence-corrected chi connectivity index (χ3v) is 6.58. The monoisotopic (exact) mass is 422 g/mol. The van der Waals surface area contributed by atoms with E-state index in [1.54, 1.807) is 18.2 Å². The Morgan fingerprint density at radius 1 is 1.07 bits per heavy atom. The van der Waals surface area contributed by atoms with Gasteiger partial charge in [0.2, 0.25) is 16.8 Å². The summed E-state index contributed by atoms with van der Waals surface area (Å²) in [5.74, 6) is -0.182. The molecule has 1 amide bonds. The maximum Gasteiger partial charge on any atom is 0.251 e. The van der Waals surface area contributed by atoms with Crippen molar-refractivity contribution in [1.29, 1.82) is 0 Å². The molecule has 29 heavy (non-hydrogen) atoms. The van der Waals surface area contributed by atoms with Crippen molar-refractivity contribution in [3.63, 3.8) is 0 Å². The van der Waals surface area contributed by atoms with Crippen LogP contribution in [0.5, 0.6) is 11.5 Å². The van der Waals surface area contributed by atoms with Gasteiger partial charge in [-0.2, -0.15) is 4.31 Å². The molecule has 4 rings (SSSR count). The normalized spacial score (nSPS) is 16.6. The van der Waals surface area contributed by atoms with E-state index >= 15 is 0 Å². The van der Waals surface area contributed by atoms with Crippen LogP contribution in [0.1, 0.15) is 15.9 Å². The fraction of sp³-hybridized carbons (Fsp3) is 0.316. The summed E-state index contributed by atoms with van der Waals surface area (Å²) in [5.41, 5.74) is 0.838. The van der Waals surface area contributed by atoms with E-state index in [-0.39, 0.29) is 45.2 Å². The molecule has 0 aromatic heterocycles. The first-order valence-electron chi connectivity index (χ1n) is 8.99. The number of halogens is 1. The third-order valence-electron chi connectivity index (χ3n) is 4.67. The van der Waals surface area contributed by atoms with E-state index in [0.717, 1.165) is 22.0 Å². The van der Waals surface area contributed by atoms with Crippen molar-refractivity contribution < 1.29 is 31.8 Å². The summed E-state index contributed by atoms with van der Waals surface area (Å²) in [7, 11) is -4.05. The minimum Gasteiger partial charge on any atom is -0.454 e. The fourth-order valence-electron chi connectivity index (χ4n) is 3.10. The lowest BCUT2D eigenvalue weighted by Crippen LogP contribution is -2.41. The Morgan fingerprint density at radius 2 is 1.83 bits per heavy atom. The molecule has 0 atom stereocenters. The van der Waals surface area contributed by atoms with Crippen LogP contribution in [0.3, 0.4) is 0 Å². The Kier molecular flexibility index (Phi) is 5.39. The fourth-order valence-corrected chi connectivity index (χ4v) is 4.60. The second kappa shape index (κ2) is 7.97. The molecule has 2 aromatic rings. The summed E-state index contributed by atoms with van der Waals surface area (Å²) in [6, 6.07) is 8.59. The number of morpholine rings is 1. The Hall–Kier alpha value is -2.69. The van der Waals surface area contributed by atoms with Gasteiger partial charge in [0.25, 0.3) is 5.91 Å². The molecule has 2 aliphatic rings. The molecule has 0 bridgehead atoms. The maximum absolute atomic E-state index is 14.3. The quantitative estimate of drug-likeness (QED) is 0.785. The first kappa shape index (κ1) is 19.6. The zero-order chi connectivity index (χ0) is 20.4. The van der Waals surface area contributed by atoms with Gasteiger partial charge >= 0.3 is 0 Å². The number of carbonyl (C=O) groups excluding carboxylic acids is 1. The first-order valence-corrected chi connectivity index (χ1v) is 10.4. The van der Waals surface area contributed by atoms with Gasteiger partial charge in [-0.05, 0) is 35.9 Å². The number of nitrogens with zero attached hydrogens (tertiary/aromatic N) is 1. The molecule has 2 aromatic carbocycles. The summed E-state index contributed by atoms with van der Waals surface area (Å²) in [6.45, 7) is 1.12. The zero-order valence-corrected chi connectivity index (χ0v) is 16.2. The van der Waals surface area contributed by atoms with Crippen LogP contribution in [0.15, 0.2) is 41.3 Å². The molecule has 2 heterocycles. The number of carbonyl (C=O) groups is 1. The van der Waals surface area contributed by atoms with Crippen LogP contribution in [0.2, 0.25) is 0 Å². The number of hydrogen-bond acceptors (Lipinski definition) is 6. The number of benzene rings is 2. The first-order chi connectivity index (χ1) is 13.9. The molecule has 0 spiro atoms. The highest BCUT2D eigenvalue weighted by molar-refractivity contribution is 7.89. The predicted octanol–water partition coefficient (Wildman–Crippen LogP) is 1.51. The Bertz CT molecular complexity index is 1040. The van der Waals surface area contributed by atoms with Gasteiger partial charge in [0, 0.05) is 25.2 Å². The van der Waals surface area contributed by atoms with Gasteiger partial charge in [0.1, 0.15) is 10.7 Å². The number of ether oxygens (including phenoxy) is 3. The molecule has 10 heteroatoms. The molecule has 1 saturated heterocycles. The van der Waals surface area contributed by atoms with Gasteiger partial charge < -0.3 is 19.5 Å².